The number of hydrogen-bond acceptors (Lipinski definition) is 6. The van der Waals surface area contributed by atoms with Gasteiger partial charge in [-0.1, -0.05) is 34.6 Å². The Morgan fingerprint density at radius 3 is 1.16 bits per heavy atom. The molecule has 8 heteroatoms. The first-order valence-corrected chi connectivity index (χ1v) is 8.90. The summed E-state index contributed by atoms with van der Waals surface area (Å²) in [4.78, 5) is 35.5. The summed E-state index contributed by atoms with van der Waals surface area (Å²) < 4.78 is 0. The van der Waals surface area contributed by atoms with Crippen molar-refractivity contribution in [3.8, 4) is 0 Å². The van der Waals surface area contributed by atoms with Crippen LogP contribution in [0.1, 0.15) is 34.6 Å². The summed E-state index contributed by atoms with van der Waals surface area (Å²) in [5.74, 6) is -1.68. The van der Waals surface area contributed by atoms with Gasteiger partial charge in [-0.05, 0) is 6.54 Å². The Hall–Kier alpha value is -1.51. The second-order valence-corrected chi connectivity index (χ2v) is 4.77. The van der Waals surface area contributed by atoms with E-state index in [-0.39, 0.29) is 13.1 Å². The molecule has 0 atom stereocenters. The average Bonchev–Trinajstić information content (AvgIpc) is 2.71. The zero-order valence-corrected chi connectivity index (χ0v) is 16.5. The second-order valence-electron chi connectivity index (χ2n) is 4.77. The van der Waals surface area contributed by atoms with Crippen LogP contribution in [0.2, 0.25) is 0 Å². The van der Waals surface area contributed by atoms with Gasteiger partial charge in [0.2, 0.25) is 0 Å². The van der Waals surface area contributed by atoms with Crippen molar-refractivity contribution in [2.45, 2.75) is 34.6 Å². The van der Waals surface area contributed by atoms with Crippen LogP contribution in [0.5, 0.6) is 0 Å². The topological polar surface area (TPSA) is 101 Å². The van der Waals surface area contributed by atoms with Crippen molar-refractivity contribution in [3.63, 3.8) is 0 Å². The van der Waals surface area contributed by atoms with E-state index >= 15 is 0 Å². The van der Waals surface area contributed by atoms with Crippen molar-refractivity contribution in [2.75, 3.05) is 58.9 Å². The smallest absolute Gasteiger partial charge is 0.317 e. The lowest BCUT2D eigenvalue weighted by molar-refractivity contribution is -0.140. The molecule has 0 aromatic carbocycles. The van der Waals surface area contributed by atoms with Gasteiger partial charge in [-0.2, -0.15) is 0 Å². The van der Waals surface area contributed by atoms with E-state index in [4.69, 9.17) is 15.0 Å². The van der Waals surface area contributed by atoms with E-state index in [9.17, 15) is 9.59 Å². The number of carboxylic acid groups (broad SMARTS) is 2. The molecule has 25 heavy (non-hydrogen) atoms. The van der Waals surface area contributed by atoms with E-state index < -0.39 is 11.9 Å². The molecule has 0 spiro atoms. The Labute approximate surface area is 152 Å². The van der Waals surface area contributed by atoms with E-state index in [1.807, 2.05) is 44.3 Å². The molecule has 150 valence electrons. The maximum Gasteiger partial charge on any atom is 0.317 e. The summed E-state index contributed by atoms with van der Waals surface area (Å²) in [6, 6.07) is 0. The normalized spacial score (nSPS) is 16.2. The summed E-state index contributed by atoms with van der Waals surface area (Å²) in [6.07, 6.45) is 0. The highest BCUT2D eigenvalue weighted by molar-refractivity contribution is 5.69. The van der Waals surface area contributed by atoms with Crippen LogP contribution < -0.4 is 0 Å². The molecule has 1 heterocycles. The van der Waals surface area contributed by atoms with E-state index in [1.165, 1.54) is 0 Å². The number of carboxylic acids is 2. The Morgan fingerprint density at radius 1 is 0.720 bits per heavy atom. The molecule has 0 amide bonds. The summed E-state index contributed by atoms with van der Waals surface area (Å²) >= 11 is 0. The van der Waals surface area contributed by atoms with Crippen LogP contribution in [0.25, 0.3) is 0 Å². The van der Waals surface area contributed by atoms with Crippen LogP contribution in [0.3, 0.4) is 0 Å². The number of aliphatic carboxylic acids is 2. The first-order chi connectivity index (χ1) is 12.0. The average molecular weight is 363 g/mol. The Morgan fingerprint density at radius 2 is 0.960 bits per heavy atom. The van der Waals surface area contributed by atoms with Gasteiger partial charge in [0.1, 0.15) is 6.79 Å². The highest BCUT2D eigenvalue weighted by Crippen LogP contribution is 2.00. The van der Waals surface area contributed by atoms with Gasteiger partial charge in [-0.3, -0.25) is 19.4 Å². The van der Waals surface area contributed by atoms with Gasteiger partial charge in [0.25, 0.3) is 0 Å². The lowest BCUT2D eigenvalue weighted by Gasteiger charge is -2.23. The lowest BCUT2D eigenvalue weighted by Crippen LogP contribution is -2.40. The molecule has 0 aliphatic carbocycles. The molecule has 1 saturated heterocycles. The molecule has 8 nitrogen and oxygen atoms in total. The molecule has 0 unspecified atom stereocenters. The fourth-order valence-corrected chi connectivity index (χ4v) is 2.20. The first kappa shape index (κ1) is 28.3. The third-order valence-corrected chi connectivity index (χ3v) is 3.36. The van der Waals surface area contributed by atoms with Crippen molar-refractivity contribution >= 4 is 18.7 Å². The summed E-state index contributed by atoms with van der Waals surface area (Å²) in [5, 5.41) is 17.7. The molecule has 0 radical (unpaired) electrons. The van der Waals surface area contributed by atoms with E-state index in [1.54, 1.807) is 0 Å². The molecular weight excluding hydrogens is 326 g/mol. The van der Waals surface area contributed by atoms with Gasteiger partial charge >= 0.3 is 11.9 Å². The summed E-state index contributed by atoms with van der Waals surface area (Å²) in [6.45, 7) is 17.2. The molecule has 2 N–H and O–H groups in total. The zero-order chi connectivity index (χ0) is 20.3. The van der Waals surface area contributed by atoms with Crippen LogP contribution in [0.4, 0.5) is 0 Å². The summed E-state index contributed by atoms with van der Waals surface area (Å²) in [7, 11) is 0. The highest BCUT2D eigenvalue weighted by Gasteiger charge is 2.18. The number of carbonyl (C=O) groups is 3. The Bertz CT molecular complexity index is 301. The monoisotopic (exact) mass is 363 g/mol. The molecule has 0 bridgehead atoms. The van der Waals surface area contributed by atoms with Gasteiger partial charge in [0.15, 0.2) is 0 Å². The minimum Gasteiger partial charge on any atom is -0.480 e. The van der Waals surface area contributed by atoms with Gasteiger partial charge in [-0.25, -0.2) is 0 Å². The molecule has 1 aliphatic rings. The minimum absolute atomic E-state index is 0.0124. The SMILES string of the molecule is C=O.CC.CC.CCN1CCN(CC(=O)O)CCN(CC(=O)O)CC1. The molecule has 1 rings (SSSR count). The Balaban J connectivity index is -0.000000725. The van der Waals surface area contributed by atoms with Gasteiger partial charge in [0.05, 0.1) is 13.1 Å². The predicted octanol–water partition coefficient (Wildman–Crippen LogP) is 0.963. The molecular formula is C17H37N3O5. The van der Waals surface area contributed by atoms with Gasteiger partial charge in [-0.15, -0.1) is 0 Å². The fourth-order valence-electron chi connectivity index (χ4n) is 2.20. The largest absolute Gasteiger partial charge is 0.480 e. The number of rotatable bonds is 5. The van der Waals surface area contributed by atoms with Gasteiger partial charge in [0, 0.05) is 39.3 Å². The number of carbonyl (C=O) groups excluding carboxylic acids is 1. The highest BCUT2D eigenvalue weighted by atomic mass is 16.4. The van der Waals surface area contributed by atoms with Crippen molar-refractivity contribution < 1.29 is 24.6 Å². The molecule has 1 aliphatic heterocycles. The quantitative estimate of drug-likeness (QED) is 0.745. The first-order valence-electron chi connectivity index (χ1n) is 8.90. The minimum atomic E-state index is -0.841. The number of nitrogens with zero attached hydrogens (tertiary/aromatic N) is 3. The predicted molar refractivity (Wildman–Crippen MR) is 100 cm³/mol. The zero-order valence-electron chi connectivity index (χ0n) is 16.5. The Kier molecular flexibility index (Phi) is 23.2. The third-order valence-electron chi connectivity index (χ3n) is 3.36. The van der Waals surface area contributed by atoms with Crippen molar-refractivity contribution in [3.05, 3.63) is 0 Å². The van der Waals surface area contributed by atoms with Gasteiger partial charge < -0.3 is 19.9 Å². The van der Waals surface area contributed by atoms with E-state index in [0.29, 0.717) is 26.2 Å². The van der Waals surface area contributed by atoms with Crippen molar-refractivity contribution in [1.82, 2.24) is 14.7 Å². The summed E-state index contributed by atoms with van der Waals surface area (Å²) in [5.41, 5.74) is 0. The van der Waals surface area contributed by atoms with E-state index in [0.717, 1.165) is 19.6 Å². The van der Waals surface area contributed by atoms with Crippen LogP contribution in [0.15, 0.2) is 0 Å². The third kappa shape index (κ3) is 17.1. The maximum absolute atomic E-state index is 10.8. The number of hydrogen-bond donors (Lipinski definition) is 2. The van der Waals surface area contributed by atoms with Crippen LogP contribution in [-0.2, 0) is 14.4 Å². The van der Waals surface area contributed by atoms with Crippen molar-refractivity contribution in [2.24, 2.45) is 0 Å². The van der Waals surface area contributed by atoms with Crippen LogP contribution in [-0.4, -0.2) is 103 Å². The van der Waals surface area contributed by atoms with Crippen LogP contribution >= 0.6 is 0 Å². The molecule has 0 aromatic heterocycles. The standard InChI is InChI=1S/C12H23N3O4.2C2H6.CH2O/c1-2-13-3-5-14(9-11(16)17)7-8-15(6-4-13)10-12(18)19;3*1-2/h2-10H2,1H3,(H,16,17)(H,18,19);2*1-2H3;1H2. The molecule has 0 saturated carbocycles. The second kappa shape index (κ2) is 20.5. The number of likely N-dealkylation sites (N-methyl/N-ethyl adjacent to an activating group) is 1. The van der Waals surface area contributed by atoms with E-state index in [2.05, 4.69) is 11.8 Å². The fraction of sp³-hybridized carbons (Fsp3) is 0.824. The molecule has 0 aromatic rings. The van der Waals surface area contributed by atoms with Crippen LogP contribution in [0, 0.1) is 0 Å². The van der Waals surface area contributed by atoms with Crippen molar-refractivity contribution in [1.29, 1.82) is 0 Å². The maximum atomic E-state index is 10.8. The molecule has 1 fully saturated rings. The lowest BCUT2D eigenvalue weighted by atomic mass is 10.4.